The van der Waals surface area contributed by atoms with Crippen LogP contribution in [-0.4, -0.2) is 33.4 Å². The van der Waals surface area contributed by atoms with Crippen LogP contribution < -0.4 is 10.5 Å². The Kier molecular flexibility index (Phi) is 2.76. The molecule has 1 aromatic carbocycles. The largest absolute Gasteiger partial charge is 0.513 e. The fourth-order valence-corrected chi connectivity index (χ4v) is 1.30. The Bertz CT molecular complexity index is 628. The van der Waals surface area contributed by atoms with Crippen LogP contribution in [0.1, 0.15) is 0 Å². The Morgan fingerprint density at radius 3 is 2.33 bits per heavy atom. The van der Waals surface area contributed by atoms with Gasteiger partial charge in [0.15, 0.2) is 5.75 Å². The molecule has 2 aromatic rings. The van der Waals surface area contributed by atoms with Crippen molar-refractivity contribution in [1.82, 2.24) is 9.97 Å². The average Bonchev–Trinajstić information content (AvgIpc) is 2.32. The summed E-state index contributed by atoms with van der Waals surface area (Å²) in [5.41, 5.74) is 6.21. The molecule has 2 rings (SSSR count). The maximum atomic E-state index is 11.0. The number of nitrogen functional groups attached to an aromatic ring is 1. The molecule has 4 N–H and O–H groups in total. The van der Waals surface area contributed by atoms with Crippen molar-refractivity contribution < 1.29 is 24.5 Å². The molecule has 0 fully saturated rings. The molecule has 0 aliphatic rings. The molecule has 8 heteroatoms. The Labute approximate surface area is 101 Å². The van der Waals surface area contributed by atoms with Gasteiger partial charge in [0.2, 0.25) is 0 Å². The monoisotopic (exact) mass is 251 g/mol. The van der Waals surface area contributed by atoms with Crippen LogP contribution in [0.25, 0.3) is 11.0 Å². The zero-order valence-corrected chi connectivity index (χ0v) is 9.25. The van der Waals surface area contributed by atoms with Gasteiger partial charge in [-0.05, 0) is 6.07 Å². The van der Waals surface area contributed by atoms with E-state index >= 15 is 0 Å². The molecular formula is C10H9N3O5. The SMILES string of the molecule is COC(=O)Oc1cc2nc(O)c(O)nc2cc1N. The highest BCUT2D eigenvalue weighted by atomic mass is 16.7. The number of hydrogen-bond acceptors (Lipinski definition) is 8. The van der Waals surface area contributed by atoms with E-state index in [1.807, 2.05) is 0 Å². The van der Waals surface area contributed by atoms with E-state index in [-0.39, 0.29) is 22.5 Å². The number of carbonyl (C=O) groups excluding carboxylic acids is 1. The van der Waals surface area contributed by atoms with E-state index in [9.17, 15) is 15.0 Å². The molecule has 0 radical (unpaired) electrons. The molecular weight excluding hydrogens is 242 g/mol. The van der Waals surface area contributed by atoms with Gasteiger partial charge < -0.3 is 25.4 Å². The first kappa shape index (κ1) is 11.7. The van der Waals surface area contributed by atoms with Crippen LogP contribution in [0, 0.1) is 0 Å². The van der Waals surface area contributed by atoms with Gasteiger partial charge in [0.05, 0.1) is 23.8 Å². The van der Waals surface area contributed by atoms with Crippen LogP contribution in [0.4, 0.5) is 10.5 Å². The summed E-state index contributed by atoms with van der Waals surface area (Å²) < 4.78 is 9.10. The molecule has 0 amide bonds. The summed E-state index contributed by atoms with van der Waals surface area (Å²) in [4.78, 5) is 18.3. The van der Waals surface area contributed by atoms with Gasteiger partial charge in [-0.2, -0.15) is 0 Å². The molecule has 8 nitrogen and oxygen atoms in total. The van der Waals surface area contributed by atoms with Gasteiger partial charge >= 0.3 is 6.16 Å². The van der Waals surface area contributed by atoms with E-state index in [0.29, 0.717) is 0 Å². The fraction of sp³-hybridized carbons (Fsp3) is 0.100. The smallest absolute Gasteiger partial charge is 0.489 e. The topological polar surface area (TPSA) is 128 Å². The summed E-state index contributed by atoms with van der Waals surface area (Å²) in [6.45, 7) is 0. The van der Waals surface area contributed by atoms with Gasteiger partial charge in [-0.15, -0.1) is 0 Å². The van der Waals surface area contributed by atoms with E-state index in [1.54, 1.807) is 0 Å². The van der Waals surface area contributed by atoms with E-state index in [4.69, 9.17) is 10.5 Å². The Morgan fingerprint density at radius 1 is 1.22 bits per heavy atom. The maximum absolute atomic E-state index is 11.0. The van der Waals surface area contributed by atoms with Crippen molar-refractivity contribution in [2.75, 3.05) is 12.8 Å². The minimum absolute atomic E-state index is 0.0220. The van der Waals surface area contributed by atoms with Crippen LogP contribution >= 0.6 is 0 Å². The standard InChI is InChI=1S/C10H9N3O5/c1-17-10(16)18-7-3-6-5(2-4(7)11)12-8(14)9(15)13-6/h2-3H,11H2,1H3,(H,12,14)(H,13,15). The first-order valence-electron chi connectivity index (χ1n) is 4.76. The number of aromatic nitrogens is 2. The number of benzene rings is 1. The summed E-state index contributed by atoms with van der Waals surface area (Å²) in [5.74, 6) is -1.21. The molecule has 0 saturated heterocycles. The second kappa shape index (κ2) is 4.24. The highest BCUT2D eigenvalue weighted by molar-refractivity contribution is 5.84. The number of nitrogens with zero attached hydrogens (tertiary/aromatic N) is 2. The third-order valence-corrected chi connectivity index (χ3v) is 2.12. The molecule has 0 atom stereocenters. The number of methoxy groups -OCH3 is 1. The molecule has 0 aliphatic carbocycles. The predicted molar refractivity (Wildman–Crippen MR) is 60.3 cm³/mol. The molecule has 1 aromatic heterocycles. The minimum atomic E-state index is -0.933. The number of ether oxygens (including phenoxy) is 2. The molecule has 0 spiro atoms. The lowest BCUT2D eigenvalue weighted by Gasteiger charge is -2.07. The number of aromatic hydroxyl groups is 2. The summed E-state index contributed by atoms with van der Waals surface area (Å²) in [6, 6.07) is 2.65. The van der Waals surface area contributed by atoms with E-state index in [1.165, 1.54) is 12.1 Å². The van der Waals surface area contributed by atoms with Crippen molar-refractivity contribution in [2.24, 2.45) is 0 Å². The van der Waals surface area contributed by atoms with Gasteiger partial charge in [0.1, 0.15) is 0 Å². The number of fused-ring (bicyclic) bond motifs is 1. The number of nitrogens with two attached hydrogens (primary N) is 1. The molecule has 0 aliphatic heterocycles. The lowest BCUT2D eigenvalue weighted by Crippen LogP contribution is -2.09. The zero-order chi connectivity index (χ0) is 13.3. The first-order chi connectivity index (χ1) is 8.51. The van der Waals surface area contributed by atoms with Crippen molar-refractivity contribution in [3.8, 4) is 17.5 Å². The minimum Gasteiger partial charge on any atom is -0.489 e. The number of hydrogen-bond donors (Lipinski definition) is 3. The molecule has 1 heterocycles. The first-order valence-corrected chi connectivity index (χ1v) is 4.76. The predicted octanol–water partition coefficient (Wildman–Crippen LogP) is 0.768. The molecule has 94 valence electrons. The zero-order valence-electron chi connectivity index (χ0n) is 9.25. The number of carbonyl (C=O) groups is 1. The highest BCUT2D eigenvalue weighted by Crippen LogP contribution is 2.30. The molecule has 0 saturated carbocycles. The van der Waals surface area contributed by atoms with Crippen molar-refractivity contribution in [2.45, 2.75) is 0 Å². The summed E-state index contributed by atoms with van der Waals surface area (Å²) in [6.07, 6.45) is -0.933. The van der Waals surface area contributed by atoms with Gasteiger partial charge in [-0.3, -0.25) is 0 Å². The second-order valence-electron chi connectivity index (χ2n) is 3.31. The van der Waals surface area contributed by atoms with Crippen LogP contribution in [0.15, 0.2) is 12.1 Å². The molecule has 0 unspecified atom stereocenters. The maximum Gasteiger partial charge on any atom is 0.513 e. The van der Waals surface area contributed by atoms with Crippen molar-refractivity contribution in [3.63, 3.8) is 0 Å². The second-order valence-corrected chi connectivity index (χ2v) is 3.31. The van der Waals surface area contributed by atoms with E-state index in [0.717, 1.165) is 7.11 Å². The molecule has 18 heavy (non-hydrogen) atoms. The number of rotatable bonds is 1. The fourth-order valence-electron chi connectivity index (χ4n) is 1.30. The van der Waals surface area contributed by atoms with Gasteiger partial charge in [-0.25, -0.2) is 14.8 Å². The van der Waals surface area contributed by atoms with Gasteiger partial charge in [-0.1, -0.05) is 0 Å². The lowest BCUT2D eigenvalue weighted by molar-refractivity contribution is 0.121. The quantitative estimate of drug-likeness (QED) is 0.385. The summed E-state index contributed by atoms with van der Waals surface area (Å²) in [5, 5.41) is 18.4. The van der Waals surface area contributed by atoms with Crippen LogP contribution in [0.5, 0.6) is 17.5 Å². The summed E-state index contributed by atoms with van der Waals surface area (Å²) >= 11 is 0. The Hall–Kier alpha value is -2.77. The lowest BCUT2D eigenvalue weighted by atomic mass is 10.2. The van der Waals surface area contributed by atoms with Gasteiger partial charge in [0, 0.05) is 6.07 Å². The Morgan fingerprint density at radius 2 is 1.78 bits per heavy atom. The van der Waals surface area contributed by atoms with Gasteiger partial charge in [0.25, 0.3) is 11.8 Å². The Balaban J connectivity index is 2.53. The summed E-state index contributed by atoms with van der Waals surface area (Å²) in [7, 11) is 1.16. The van der Waals surface area contributed by atoms with E-state index in [2.05, 4.69) is 14.7 Å². The van der Waals surface area contributed by atoms with Crippen molar-refractivity contribution in [3.05, 3.63) is 12.1 Å². The normalized spacial score (nSPS) is 10.3. The van der Waals surface area contributed by atoms with Crippen LogP contribution in [0.2, 0.25) is 0 Å². The third kappa shape index (κ3) is 2.03. The van der Waals surface area contributed by atoms with E-state index < -0.39 is 17.9 Å². The van der Waals surface area contributed by atoms with Crippen LogP contribution in [-0.2, 0) is 4.74 Å². The molecule has 0 bridgehead atoms. The highest BCUT2D eigenvalue weighted by Gasteiger charge is 2.12. The average molecular weight is 251 g/mol. The third-order valence-electron chi connectivity index (χ3n) is 2.12. The number of anilines is 1. The van der Waals surface area contributed by atoms with Crippen molar-refractivity contribution >= 4 is 22.9 Å². The van der Waals surface area contributed by atoms with Crippen LogP contribution in [0.3, 0.4) is 0 Å². The van der Waals surface area contributed by atoms with Crippen molar-refractivity contribution in [1.29, 1.82) is 0 Å².